The minimum atomic E-state index is -0.759. The van der Waals surface area contributed by atoms with Gasteiger partial charge in [-0.05, 0) is 209 Å². The SMILES string of the molecule is CC1Cc2cc(C#CC#CC34c5ccccc5C(C#CC#Cc5ccc(C#CC67CC(C#Cc8ccc(-c9ccc(C(C)(C)C)cc9)cc8)(C6)C7)cc5)(c5ccccc53)c3ccccc34)c3ccccc3c2C1=C1c2ccccc2-c2ccccc21. The zero-order valence-electron chi connectivity index (χ0n) is 48.8. The van der Waals surface area contributed by atoms with Gasteiger partial charge in [0.05, 0.1) is 0 Å². The second kappa shape index (κ2) is 19.3. The Morgan fingerprint density at radius 2 is 0.779 bits per heavy atom. The van der Waals surface area contributed by atoms with Crippen molar-refractivity contribution in [2.45, 2.75) is 69.6 Å². The second-order valence-corrected chi connectivity index (χ2v) is 25.7. The third-order valence-corrected chi connectivity index (χ3v) is 19.4. The molecule has 0 aliphatic heterocycles. The molecule has 86 heavy (non-hydrogen) atoms. The van der Waals surface area contributed by atoms with Crippen LogP contribution in [0, 0.1) is 87.8 Å². The summed E-state index contributed by atoms with van der Waals surface area (Å²) in [5.41, 5.74) is 24.2. The van der Waals surface area contributed by atoms with Crippen molar-refractivity contribution in [3.05, 3.63) is 308 Å². The molecular weight excluding hydrogens is 1030 g/mol. The Hall–Kier alpha value is -10.4. The summed E-state index contributed by atoms with van der Waals surface area (Å²) in [7, 11) is 0. The van der Waals surface area contributed by atoms with Gasteiger partial charge in [0.25, 0.3) is 0 Å². The lowest BCUT2D eigenvalue weighted by atomic mass is 9.36. The van der Waals surface area contributed by atoms with E-state index in [1.807, 2.05) is 0 Å². The molecule has 4 bridgehead atoms. The first-order valence-corrected chi connectivity index (χ1v) is 30.3. The fourth-order valence-electron chi connectivity index (χ4n) is 15.5. The number of hydrogen-bond acceptors (Lipinski definition) is 0. The maximum atomic E-state index is 3.87. The summed E-state index contributed by atoms with van der Waals surface area (Å²) in [6.07, 6.45) is 4.10. The fraction of sp³-hybridized carbons (Fsp3) is 0.163. The van der Waals surface area contributed by atoms with E-state index in [4.69, 9.17) is 0 Å². The third kappa shape index (κ3) is 7.89. The van der Waals surface area contributed by atoms with Gasteiger partial charge in [-0.25, -0.2) is 0 Å². The predicted octanol–water partition coefficient (Wildman–Crippen LogP) is 17.9. The molecule has 0 nitrogen and oxygen atoms in total. The lowest BCUT2D eigenvalue weighted by Gasteiger charge is -2.65. The van der Waals surface area contributed by atoms with Crippen LogP contribution in [-0.4, -0.2) is 0 Å². The van der Waals surface area contributed by atoms with Crippen LogP contribution in [0.3, 0.4) is 0 Å². The highest BCUT2D eigenvalue weighted by Crippen LogP contribution is 2.73. The summed E-state index contributed by atoms with van der Waals surface area (Å²) in [5.74, 6) is 42.9. The number of rotatable bonds is 1. The Kier molecular flexibility index (Phi) is 11.5. The Morgan fingerprint density at radius 3 is 1.26 bits per heavy atom. The van der Waals surface area contributed by atoms with Gasteiger partial charge < -0.3 is 0 Å². The van der Waals surface area contributed by atoms with Gasteiger partial charge in [-0.2, -0.15) is 0 Å². The summed E-state index contributed by atoms with van der Waals surface area (Å²) >= 11 is 0. The van der Waals surface area contributed by atoms with E-state index in [0.717, 1.165) is 86.7 Å². The van der Waals surface area contributed by atoms with E-state index in [9.17, 15) is 0 Å². The lowest BCUT2D eigenvalue weighted by Crippen LogP contribution is -2.60. The van der Waals surface area contributed by atoms with Crippen molar-refractivity contribution in [1.29, 1.82) is 0 Å². The largest absolute Gasteiger partial charge is 0.108 e. The first kappa shape index (κ1) is 51.2. The van der Waals surface area contributed by atoms with Crippen LogP contribution >= 0.6 is 0 Å². The quantitative estimate of drug-likeness (QED) is 0.144. The monoisotopic (exact) mass is 1090 g/mol. The van der Waals surface area contributed by atoms with Crippen LogP contribution in [0.5, 0.6) is 0 Å². The number of fused-ring (bicyclic) bond motifs is 6. The van der Waals surface area contributed by atoms with Crippen molar-refractivity contribution in [3.8, 4) is 93.3 Å². The van der Waals surface area contributed by atoms with E-state index in [2.05, 4.69) is 323 Å². The van der Waals surface area contributed by atoms with Gasteiger partial charge in [0.1, 0.15) is 10.8 Å². The first-order chi connectivity index (χ1) is 42.0. The Labute approximate surface area is 506 Å². The molecule has 0 saturated heterocycles. The molecule has 3 fully saturated rings. The fourth-order valence-corrected chi connectivity index (χ4v) is 15.5. The lowest BCUT2D eigenvalue weighted by molar-refractivity contribution is -0.113. The van der Waals surface area contributed by atoms with Gasteiger partial charge in [0, 0.05) is 33.1 Å². The van der Waals surface area contributed by atoms with Gasteiger partial charge in [0.2, 0.25) is 0 Å². The van der Waals surface area contributed by atoms with Crippen LogP contribution < -0.4 is 0 Å². The molecule has 8 aliphatic rings. The summed E-state index contributed by atoms with van der Waals surface area (Å²) in [6, 6.07) is 81.1. The maximum absolute atomic E-state index is 3.87. The minimum Gasteiger partial charge on any atom is -0.0909 e. The number of hydrogen-bond donors (Lipinski definition) is 0. The molecule has 0 N–H and O–H groups in total. The molecule has 8 aliphatic carbocycles. The standard InChI is InChI=1S/C86H58/c1-58-53-65-54-64(67-23-5-8-26-70(67)80(65)79(58)81-71-27-9-6-24-68(71)69-25-7-10-28-72(69)81)22-18-20-50-86-76-32-14-11-29-73(76)85(74-30-12-15-33-77(74)86,75-31-13-16-34-78(75)86)49-19-17-21-59-35-37-60(38-36-59)47-51-83-55-84(56-83,57-83)52-48-61-39-41-62(42-40-61)63-43-45-66(46-44-63)82(2,3)4/h5-16,23-46,54,58H,53,55-57H2,1-4H3. The van der Waals surface area contributed by atoms with Gasteiger partial charge in [-0.3, -0.25) is 0 Å². The van der Waals surface area contributed by atoms with Crippen molar-refractivity contribution in [3.63, 3.8) is 0 Å². The van der Waals surface area contributed by atoms with Gasteiger partial charge in [-0.15, -0.1) is 0 Å². The molecule has 1 atom stereocenters. The summed E-state index contributed by atoms with van der Waals surface area (Å²) in [5, 5.41) is 2.41. The molecule has 1 unspecified atom stereocenters. The average Bonchev–Trinajstić information content (AvgIpc) is 0.864. The molecule has 10 aromatic rings. The molecule has 0 spiro atoms. The third-order valence-electron chi connectivity index (χ3n) is 19.4. The Balaban J connectivity index is 0.659. The van der Waals surface area contributed by atoms with E-state index in [-0.39, 0.29) is 16.2 Å². The maximum Gasteiger partial charge on any atom is 0.108 e. The van der Waals surface area contributed by atoms with Crippen LogP contribution in [0.4, 0.5) is 0 Å². The first-order valence-electron chi connectivity index (χ1n) is 30.3. The van der Waals surface area contributed by atoms with Crippen molar-refractivity contribution in [1.82, 2.24) is 0 Å². The molecule has 0 amide bonds. The Bertz CT molecular complexity index is 4820. The average molecular weight is 1090 g/mol. The smallest absolute Gasteiger partial charge is 0.0909 e. The zero-order chi connectivity index (χ0) is 57.8. The van der Waals surface area contributed by atoms with Gasteiger partial charge in [-0.1, -0.05) is 257 Å². The van der Waals surface area contributed by atoms with Gasteiger partial charge in [0.15, 0.2) is 0 Å². The summed E-state index contributed by atoms with van der Waals surface area (Å²) < 4.78 is 0. The molecule has 0 radical (unpaired) electrons. The molecular formula is C86H58. The van der Waals surface area contributed by atoms with Crippen LogP contribution in [0.15, 0.2) is 224 Å². The minimum absolute atomic E-state index is 0.0831. The zero-order valence-corrected chi connectivity index (χ0v) is 48.8. The molecule has 0 aromatic heterocycles. The predicted molar refractivity (Wildman–Crippen MR) is 353 cm³/mol. The highest BCUT2D eigenvalue weighted by Gasteiger charge is 2.67. The normalized spacial score (nSPS) is 21.2. The topological polar surface area (TPSA) is 0 Å². The van der Waals surface area contributed by atoms with Crippen molar-refractivity contribution in [2.24, 2.45) is 16.7 Å². The molecule has 0 heteroatoms. The van der Waals surface area contributed by atoms with E-state index >= 15 is 0 Å². The molecule has 0 heterocycles. The highest BCUT2D eigenvalue weighted by molar-refractivity contribution is 6.15. The Morgan fingerprint density at radius 1 is 0.384 bits per heavy atom. The van der Waals surface area contributed by atoms with E-state index < -0.39 is 10.8 Å². The number of allylic oxidation sites excluding steroid dienone is 1. The van der Waals surface area contributed by atoms with Crippen molar-refractivity contribution >= 4 is 21.9 Å². The van der Waals surface area contributed by atoms with E-state index in [1.165, 1.54) is 66.6 Å². The van der Waals surface area contributed by atoms with Crippen LogP contribution in [0.25, 0.3) is 44.2 Å². The van der Waals surface area contributed by atoms with Gasteiger partial charge >= 0.3 is 0 Å². The summed E-state index contributed by atoms with van der Waals surface area (Å²) in [6.45, 7) is 9.15. The molecule has 18 rings (SSSR count). The summed E-state index contributed by atoms with van der Waals surface area (Å²) in [4.78, 5) is 0. The van der Waals surface area contributed by atoms with Crippen LogP contribution in [0.1, 0.15) is 130 Å². The van der Waals surface area contributed by atoms with Crippen LogP contribution in [0.2, 0.25) is 0 Å². The molecule has 3 saturated carbocycles. The highest BCUT2D eigenvalue weighted by atomic mass is 14.7. The van der Waals surface area contributed by atoms with E-state index in [1.54, 1.807) is 0 Å². The second-order valence-electron chi connectivity index (χ2n) is 25.7. The van der Waals surface area contributed by atoms with E-state index in [0.29, 0.717) is 5.92 Å². The van der Waals surface area contributed by atoms with Crippen LogP contribution in [-0.2, 0) is 22.7 Å². The molecule has 402 valence electrons. The van der Waals surface area contributed by atoms with Crippen molar-refractivity contribution < 1.29 is 0 Å². The molecule has 10 aromatic carbocycles. The van der Waals surface area contributed by atoms with Crippen molar-refractivity contribution in [2.75, 3.05) is 0 Å². The number of benzene rings is 10.